The van der Waals surface area contributed by atoms with E-state index in [0.717, 1.165) is 43.4 Å². The number of amides is 3. The number of piperidine rings is 1. The molecule has 2 aromatic rings. The molecule has 2 fully saturated rings. The van der Waals surface area contributed by atoms with E-state index in [9.17, 15) is 32.3 Å². The van der Waals surface area contributed by atoms with E-state index in [1.165, 1.54) is 0 Å². The molecule has 3 N–H and O–H groups in total. The minimum Gasteiger partial charge on any atom is -0.497 e. The number of carbonyl (C=O) groups is 4. The van der Waals surface area contributed by atoms with Crippen LogP contribution in [0.25, 0.3) is 0 Å². The van der Waals surface area contributed by atoms with Gasteiger partial charge in [0.15, 0.2) is 0 Å². The maximum atomic E-state index is 14.2. The molecule has 44 heavy (non-hydrogen) atoms. The van der Waals surface area contributed by atoms with Gasteiger partial charge in [-0.3, -0.25) is 9.59 Å². The van der Waals surface area contributed by atoms with Gasteiger partial charge in [0.25, 0.3) is 0 Å². The van der Waals surface area contributed by atoms with Crippen molar-refractivity contribution >= 4 is 23.9 Å². The summed E-state index contributed by atoms with van der Waals surface area (Å²) in [6, 6.07) is 5.16. The third kappa shape index (κ3) is 8.96. The first-order chi connectivity index (χ1) is 21.0. The van der Waals surface area contributed by atoms with Crippen LogP contribution in [0.15, 0.2) is 36.8 Å². The Morgan fingerprint density at radius 2 is 1.82 bits per heavy atom. The summed E-state index contributed by atoms with van der Waals surface area (Å²) in [6.07, 6.45) is 3.18. The van der Waals surface area contributed by atoms with E-state index >= 15 is 0 Å². The fraction of sp³-hybridized carbons (Fsp3) is 0.567. The summed E-state index contributed by atoms with van der Waals surface area (Å²) in [5.41, 5.74) is 1.62. The molecule has 1 aliphatic carbocycles. The Hall–Kier alpha value is -4.10. The summed E-state index contributed by atoms with van der Waals surface area (Å²) in [5, 5.41) is 5.58. The van der Waals surface area contributed by atoms with E-state index in [1.807, 2.05) is 0 Å². The molecule has 1 aromatic heterocycles. The number of aromatic nitrogens is 2. The van der Waals surface area contributed by atoms with Gasteiger partial charge in [0.1, 0.15) is 11.8 Å². The highest BCUT2D eigenvalue weighted by Crippen LogP contribution is 2.37. The number of nitrogens with one attached hydrogen (secondary N) is 3. The highest BCUT2D eigenvalue weighted by molar-refractivity contribution is 5.90. The van der Waals surface area contributed by atoms with Gasteiger partial charge >= 0.3 is 24.1 Å². The van der Waals surface area contributed by atoms with Gasteiger partial charge in [-0.05, 0) is 49.3 Å². The van der Waals surface area contributed by atoms with Gasteiger partial charge in [-0.1, -0.05) is 31.4 Å². The summed E-state index contributed by atoms with van der Waals surface area (Å²) in [6.45, 7) is 0.370. The lowest BCUT2D eigenvalue weighted by molar-refractivity contribution is -0.203. The molecule has 0 radical (unpaired) electrons. The average Bonchev–Trinajstić information content (AvgIpc) is 3.54. The van der Waals surface area contributed by atoms with Gasteiger partial charge in [0.2, 0.25) is 5.91 Å². The highest BCUT2D eigenvalue weighted by Gasteiger charge is 2.46. The quantitative estimate of drug-likeness (QED) is 0.271. The standard InChI is InChI=1S/C30H38F3N5O6/c1-43-23-9-7-19(8-10-23)15-24(37-29(42)35-13-11-22-17-34-18-36-22)26(39)38-14-12-21(27(40)44-28(41)30(31,32)33)16-25(38)20-5-3-2-4-6-20/h7-10,17-18,20-21,24-25H,2-6,11-16H2,1H3,(H,34,36)(H2,35,37,42). The Kier molecular flexibility index (Phi) is 11.2. The molecule has 0 bridgehead atoms. The van der Waals surface area contributed by atoms with Crippen LogP contribution in [-0.4, -0.2) is 77.2 Å². The molecule has 11 nitrogen and oxygen atoms in total. The summed E-state index contributed by atoms with van der Waals surface area (Å²) >= 11 is 0. The molecule has 1 aliphatic heterocycles. The Bertz CT molecular complexity index is 1260. The molecule has 14 heteroatoms. The van der Waals surface area contributed by atoms with Crippen LogP contribution in [0.3, 0.4) is 0 Å². The topological polar surface area (TPSA) is 143 Å². The van der Waals surface area contributed by atoms with E-state index < -0.39 is 42.1 Å². The Morgan fingerprint density at radius 3 is 2.45 bits per heavy atom. The minimum atomic E-state index is -5.28. The van der Waals surface area contributed by atoms with Crippen molar-refractivity contribution < 1.29 is 41.8 Å². The molecule has 3 unspecified atom stereocenters. The number of benzene rings is 1. The first-order valence-electron chi connectivity index (χ1n) is 14.8. The Morgan fingerprint density at radius 1 is 1.09 bits per heavy atom. The van der Waals surface area contributed by atoms with Crippen molar-refractivity contribution in [1.29, 1.82) is 0 Å². The van der Waals surface area contributed by atoms with E-state index in [0.29, 0.717) is 18.7 Å². The van der Waals surface area contributed by atoms with Gasteiger partial charge in [-0.25, -0.2) is 14.6 Å². The van der Waals surface area contributed by atoms with Crippen LogP contribution in [0, 0.1) is 11.8 Å². The van der Waals surface area contributed by atoms with Gasteiger partial charge in [0, 0.05) is 43.9 Å². The molecule has 2 aliphatic rings. The third-order valence-electron chi connectivity index (χ3n) is 8.32. The summed E-state index contributed by atoms with van der Waals surface area (Å²) in [4.78, 5) is 59.6. The number of nitrogens with zero attached hydrogens (tertiary/aromatic N) is 2. The second-order valence-corrected chi connectivity index (χ2v) is 11.3. The minimum absolute atomic E-state index is 0.0199. The average molecular weight is 622 g/mol. The van der Waals surface area contributed by atoms with Crippen molar-refractivity contribution in [3.63, 3.8) is 0 Å². The third-order valence-corrected chi connectivity index (χ3v) is 8.32. The first-order valence-corrected chi connectivity index (χ1v) is 14.8. The number of carbonyl (C=O) groups excluding carboxylic acids is 4. The van der Waals surface area contributed by atoms with Crippen molar-refractivity contribution in [1.82, 2.24) is 25.5 Å². The number of hydrogen-bond acceptors (Lipinski definition) is 7. The summed E-state index contributed by atoms with van der Waals surface area (Å²) in [5.74, 6) is -4.43. The van der Waals surface area contributed by atoms with Crippen molar-refractivity contribution in [3.8, 4) is 5.75 Å². The molecule has 1 saturated heterocycles. The number of urea groups is 1. The second kappa shape index (κ2) is 15.1. The van der Waals surface area contributed by atoms with Crippen molar-refractivity contribution in [2.24, 2.45) is 11.8 Å². The molecule has 0 spiro atoms. The van der Waals surface area contributed by atoms with Crippen LogP contribution >= 0.6 is 0 Å². The Labute approximate surface area is 253 Å². The van der Waals surface area contributed by atoms with Crippen LogP contribution in [-0.2, 0) is 32.0 Å². The van der Waals surface area contributed by atoms with Crippen molar-refractivity contribution in [3.05, 3.63) is 48.0 Å². The van der Waals surface area contributed by atoms with Gasteiger partial charge in [-0.15, -0.1) is 0 Å². The Balaban J connectivity index is 1.51. The molecule has 240 valence electrons. The van der Waals surface area contributed by atoms with Crippen molar-refractivity contribution in [2.75, 3.05) is 20.2 Å². The highest BCUT2D eigenvalue weighted by atomic mass is 19.4. The lowest BCUT2D eigenvalue weighted by atomic mass is 9.77. The fourth-order valence-corrected chi connectivity index (χ4v) is 6.02. The predicted molar refractivity (Wildman–Crippen MR) is 151 cm³/mol. The van der Waals surface area contributed by atoms with Crippen LogP contribution in [0.4, 0.5) is 18.0 Å². The number of H-pyrrole nitrogens is 1. The number of likely N-dealkylation sites (tertiary alicyclic amines) is 1. The van der Waals surface area contributed by atoms with E-state index in [-0.39, 0.29) is 37.6 Å². The van der Waals surface area contributed by atoms with Crippen LogP contribution in [0.5, 0.6) is 5.75 Å². The zero-order chi connectivity index (χ0) is 31.7. The number of alkyl halides is 3. The maximum Gasteiger partial charge on any atom is 0.491 e. The monoisotopic (exact) mass is 621 g/mol. The lowest BCUT2D eigenvalue weighted by Crippen LogP contribution is -2.58. The normalized spacial score (nSPS) is 20.0. The molecule has 3 amide bonds. The molecule has 3 atom stereocenters. The number of imidazole rings is 1. The smallest absolute Gasteiger partial charge is 0.491 e. The van der Waals surface area contributed by atoms with E-state index in [4.69, 9.17) is 4.74 Å². The van der Waals surface area contributed by atoms with Gasteiger partial charge in [0.05, 0.1) is 19.4 Å². The maximum absolute atomic E-state index is 14.2. The molecule has 4 rings (SSSR count). The number of aromatic amines is 1. The zero-order valence-corrected chi connectivity index (χ0v) is 24.5. The number of esters is 2. The van der Waals surface area contributed by atoms with Gasteiger partial charge in [-0.2, -0.15) is 13.2 Å². The number of rotatable bonds is 10. The SMILES string of the molecule is COc1ccc(CC(NC(=O)NCCc2cnc[nH]2)C(=O)N2CCC(C(=O)OC(=O)C(F)(F)F)CC2C2CCCCC2)cc1. The number of hydrogen-bond donors (Lipinski definition) is 3. The van der Waals surface area contributed by atoms with Crippen molar-refractivity contribution in [2.45, 2.75) is 76.0 Å². The molecular formula is C30H38F3N5O6. The predicted octanol–water partition coefficient (Wildman–Crippen LogP) is 3.69. The first kappa shape index (κ1) is 32.8. The summed E-state index contributed by atoms with van der Waals surface area (Å²) < 4.78 is 47.6. The largest absolute Gasteiger partial charge is 0.497 e. The fourth-order valence-electron chi connectivity index (χ4n) is 6.02. The van der Waals surface area contributed by atoms with E-state index in [2.05, 4.69) is 25.3 Å². The number of methoxy groups -OCH3 is 1. The molecular weight excluding hydrogens is 583 g/mol. The summed E-state index contributed by atoms with van der Waals surface area (Å²) in [7, 11) is 1.54. The molecule has 1 saturated carbocycles. The lowest BCUT2D eigenvalue weighted by Gasteiger charge is -2.45. The number of ether oxygens (including phenoxy) is 2. The van der Waals surface area contributed by atoms with Gasteiger partial charge < -0.3 is 30.0 Å². The van der Waals surface area contributed by atoms with Crippen LogP contribution in [0.1, 0.15) is 56.2 Å². The van der Waals surface area contributed by atoms with Crippen LogP contribution in [0.2, 0.25) is 0 Å². The molecule has 1 aromatic carbocycles. The molecule has 2 heterocycles. The van der Waals surface area contributed by atoms with Crippen LogP contribution < -0.4 is 15.4 Å². The second-order valence-electron chi connectivity index (χ2n) is 11.3. The van der Waals surface area contributed by atoms with E-state index in [1.54, 1.807) is 48.8 Å². The zero-order valence-electron chi connectivity index (χ0n) is 24.5. The number of halogens is 3.